The van der Waals surface area contributed by atoms with Crippen LogP contribution in [0.25, 0.3) is 16.8 Å². The number of halogens is 1. The molecule has 4 nitrogen and oxygen atoms in total. The average molecular weight is 282 g/mol. The summed E-state index contributed by atoms with van der Waals surface area (Å²) in [6.45, 7) is 0. The number of aromatic carboxylic acids is 1. The molecule has 0 fully saturated rings. The molecule has 2 aromatic carbocycles. The second-order valence-corrected chi connectivity index (χ2v) is 4.54. The number of hydrogen-bond acceptors (Lipinski definition) is 2. The van der Waals surface area contributed by atoms with Crippen LogP contribution >= 0.6 is 0 Å². The summed E-state index contributed by atoms with van der Waals surface area (Å²) in [7, 11) is 0. The Balaban J connectivity index is 1.96. The van der Waals surface area contributed by atoms with Crippen molar-refractivity contribution in [2.45, 2.75) is 0 Å². The Kier molecular flexibility index (Phi) is 3.23. The van der Waals surface area contributed by atoms with Crippen molar-refractivity contribution in [3.8, 4) is 16.8 Å². The monoisotopic (exact) mass is 282 g/mol. The third kappa shape index (κ3) is 2.67. The molecule has 0 unspecified atom stereocenters. The van der Waals surface area contributed by atoms with Gasteiger partial charge in [0.05, 0.1) is 17.4 Å². The minimum atomic E-state index is -0.970. The maximum absolute atomic E-state index is 12.9. The number of nitrogens with zero attached hydrogens (tertiary/aromatic N) is 2. The van der Waals surface area contributed by atoms with Crippen LogP contribution in [0.1, 0.15) is 10.4 Å². The Hall–Kier alpha value is -2.95. The maximum atomic E-state index is 12.9. The first kappa shape index (κ1) is 13.1. The van der Waals surface area contributed by atoms with Crippen molar-refractivity contribution in [2.75, 3.05) is 0 Å². The highest BCUT2D eigenvalue weighted by molar-refractivity contribution is 5.89. The van der Waals surface area contributed by atoms with E-state index in [1.165, 1.54) is 18.2 Å². The number of carboxylic acid groups (broad SMARTS) is 1. The zero-order valence-corrected chi connectivity index (χ0v) is 10.9. The molecule has 0 aliphatic heterocycles. The number of carbonyl (C=O) groups is 1. The lowest BCUT2D eigenvalue weighted by Gasteiger charge is -2.01. The van der Waals surface area contributed by atoms with Gasteiger partial charge in [-0.2, -0.15) is 5.10 Å². The van der Waals surface area contributed by atoms with E-state index in [0.717, 1.165) is 16.8 Å². The summed E-state index contributed by atoms with van der Waals surface area (Å²) in [4.78, 5) is 11.0. The Labute approximate surface area is 120 Å². The highest BCUT2D eigenvalue weighted by Crippen LogP contribution is 2.21. The predicted molar refractivity (Wildman–Crippen MR) is 75.9 cm³/mol. The van der Waals surface area contributed by atoms with Gasteiger partial charge in [-0.3, -0.25) is 0 Å². The molecule has 0 amide bonds. The molecule has 5 heteroatoms. The minimum absolute atomic E-state index is 0.224. The molecule has 0 saturated heterocycles. The van der Waals surface area contributed by atoms with E-state index in [4.69, 9.17) is 5.11 Å². The SMILES string of the molecule is O=C(O)c1cccc(-c2cnn(-c3ccc(F)cc3)c2)c1. The summed E-state index contributed by atoms with van der Waals surface area (Å²) >= 11 is 0. The summed E-state index contributed by atoms with van der Waals surface area (Å²) in [6, 6.07) is 12.6. The third-order valence-electron chi connectivity index (χ3n) is 3.12. The molecule has 3 rings (SSSR count). The fraction of sp³-hybridized carbons (Fsp3) is 0. The molecule has 0 radical (unpaired) electrons. The van der Waals surface area contributed by atoms with Crippen molar-refractivity contribution in [3.63, 3.8) is 0 Å². The normalized spacial score (nSPS) is 10.5. The molecule has 0 bridgehead atoms. The first-order valence-corrected chi connectivity index (χ1v) is 6.28. The molecule has 0 aliphatic carbocycles. The lowest BCUT2D eigenvalue weighted by Crippen LogP contribution is -1.95. The second-order valence-electron chi connectivity index (χ2n) is 4.54. The number of carboxylic acids is 1. The molecular formula is C16H11FN2O2. The fourth-order valence-corrected chi connectivity index (χ4v) is 2.04. The van der Waals surface area contributed by atoms with E-state index in [9.17, 15) is 9.18 Å². The molecular weight excluding hydrogens is 271 g/mol. The van der Waals surface area contributed by atoms with Crippen LogP contribution in [-0.2, 0) is 0 Å². The molecule has 104 valence electrons. The van der Waals surface area contributed by atoms with Gasteiger partial charge in [0.25, 0.3) is 0 Å². The van der Waals surface area contributed by atoms with Gasteiger partial charge in [0.15, 0.2) is 0 Å². The van der Waals surface area contributed by atoms with Gasteiger partial charge < -0.3 is 5.11 Å². The summed E-state index contributed by atoms with van der Waals surface area (Å²) in [5, 5.41) is 13.2. The van der Waals surface area contributed by atoms with Gasteiger partial charge in [-0.25, -0.2) is 13.9 Å². The Morgan fingerprint density at radius 3 is 2.57 bits per heavy atom. The van der Waals surface area contributed by atoms with Gasteiger partial charge in [-0.05, 0) is 42.0 Å². The van der Waals surface area contributed by atoms with Crippen LogP contribution in [-0.4, -0.2) is 20.9 Å². The maximum Gasteiger partial charge on any atom is 0.335 e. The lowest BCUT2D eigenvalue weighted by molar-refractivity contribution is 0.0697. The van der Waals surface area contributed by atoms with Crippen LogP contribution in [0.2, 0.25) is 0 Å². The van der Waals surface area contributed by atoms with Gasteiger partial charge in [0.1, 0.15) is 5.82 Å². The zero-order valence-electron chi connectivity index (χ0n) is 10.9. The molecule has 0 aliphatic rings. The van der Waals surface area contributed by atoms with Gasteiger partial charge in [-0.1, -0.05) is 12.1 Å². The van der Waals surface area contributed by atoms with Crippen LogP contribution in [0.3, 0.4) is 0 Å². The standard InChI is InChI=1S/C16H11FN2O2/c17-14-4-6-15(7-5-14)19-10-13(9-18-19)11-2-1-3-12(8-11)16(20)21/h1-10H,(H,20,21). The van der Waals surface area contributed by atoms with Crippen LogP contribution in [0.5, 0.6) is 0 Å². The van der Waals surface area contributed by atoms with Crippen LogP contribution < -0.4 is 0 Å². The van der Waals surface area contributed by atoms with Crippen molar-refractivity contribution in [3.05, 3.63) is 72.3 Å². The quantitative estimate of drug-likeness (QED) is 0.801. The van der Waals surface area contributed by atoms with E-state index in [-0.39, 0.29) is 11.4 Å². The summed E-state index contributed by atoms with van der Waals surface area (Å²) in [6.07, 6.45) is 3.42. The van der Waals surface area contributed by atoms with Crippen molar-refractivity contribution >= 4 is 5.97 Å². The van der Waals surface area contributed by atoms with Gasteiger partial charge in [0, 0.05) is 11.8 Å². The van der Waals surface area contributed by atoms with Crippen molar-refractivity contribution < 1.29 is 14.3 Å². The van der Waals surface area contributed by atoms with Crippen molar-refractivity contribution in [1.29, 1.82) is 0 Å². The first-order chi connectivity index (χ1) is 10.1. The van der Waals surface area contributed by atoms with Crippen molar-refractivity contribution in [1.82, 2.24) is 9.78 Å². The van der Waals surface area contributed by atoms with Crippen molar-refractivity contribution in [2.24, 2.45) is 0 Å². The van der Waals surface area contributed by atoms with Crippen LogP contribution in [0, 0.1) is 5.82 Å². The topological polar surface area (TPSA) is 55.1 Å². The van der Waals surface area contributed by atoms with E-state index in [1.807, 2.05) is 6.07 Å². The molecule has 1 aromatic heterocycles. The van der Waals surface area contributed by atoms with Gasteiger partial charge >= 0.3 is 5.97 Å². The number of hydrogen-bond donors (Lipinski definition) is 1. The highest BCUT2D eigenvalue weighted by atomic mass is 19.1. The Morgan fingerprint density at radius 1 is 1.10 bits per heavy atom. The molecule has 1 heterocycles. The van der Waals surface area contributed by atoms with E-state index >= 15 is 0 Å². The Morgan fingerprint density at radius 2 is 1.86 bits per heavy atom. The third-order valence-corrected chi connectivity index (χ3v) is 3.12. The van der Waals surface area contributed by atoms with Gasteiger partial charge in [0.2, 0.25) is 0 Å². The first-order valence-electron chi connectivity index (χ1n) is 6.28. The molecule has 21 heavy (non-hydrogen) atoms. The average Bonchev–Trinajstić information content (AvgIpc) is 2.98. The molecule has 1 N–H and O–H groups in total. The zero-order chi connectivity index (χ0) is 14.8. The van der Waals surface area contributed by atoms with E-state index in [1.54, 1.807) is 41.3 Å². The fourth-order valence-electron chi connectivity index (χ4n) is 2.04. The van der Waals surface area contributed by atoms with E-state index in [2.05, 4.69) is 5.10 Å². The lowest BCUT2D eigenvalue weighted by atomic mass is 10.1. The molecule has 3 aromatic rings. The van der Waals surface area contributed by atoms with E-state index in [0.29, 0.717) is 0 Å². The molecule has 0 atom stereocenters. The summed E-state index contributed by atoms with van der Waals surface area (Å²) in [5.41, 5.74) is 2.52. The largest absolute Gasteiger partial charge is 0.478 e. The number of benzene rings is 2. The summed E-state index contributed by atoms with van der Waals surface area (Å²) in [5.74, 6) is -1.27. The van der Waals surface area contributed by atoms with E-state index < -0.39 is 5.97 Å². The smallest absolute Gasteiger partial charge is 0.335 e. The number of aromatic nitrogens is 2. The number of rotatable bonds is 3. The minimum Gasteiger partial charge on any atom is -0.478 e. The highest BCUT2D eigenvalue weighted by Gasteiger charge is 2.07. The van der Waals surface area contributed by atoms with Crippen LogP contribution in [0.4, 0.5) is 4.39 Å². The van der Waals surface area contributed by atoms with Crippen LogP contribution in [0.15, 0.2) is 60.9 Å². The Bertz CT molecular complexity index is 794. The predicted octanol–water partition coefficient (Wildman–Crippen LogP) is 3.38. The second kappa shape index (κ2) is 5.20. The molecule has 0 spiro atoms. The van der Waals surface area contributed by atoms with Gasteiger partial charge in [-0.15, -0.1) is 0 Å². The molecule has 0 saturated carbocycles. The summed E-state index contributed by atoms with van der Waals surface area (Å²) < 4.78 is 14.5.